The predicted molar refractivity (Wildman–Crippen MR) is 186 cm³/mol. The van der Waals surface area contributed by atoms with Gasteiger partial charge in [-0.05, 0) is 136 Å². The molecule has 0 aromatic heterocycles. The monoisotopic (exact) mass is 578 g/mol. The number of hydrogen-bond donors (Lipinski definition) is 0. The second-order valence-corrected chi connectivity index (χ2v) is 18.0. The first kappa shape index (κ1) is 38.9. The minimum absolute atomic E-state index is 0.358. The summed E-state index contributed by atoms with van der Waals surface area (Å²) in [4.78, 5) is 7.82. The molecule has 0 aromatic rings. The molecule has 0 bridgehead atoms. The standard InChI is InChI=1S/2C13H27N.C12H25N/c1-10(2)13(6)9-11(3)8-12(4,5)14(13)7;1-9(2)12-7-11(5)8-13(10(3)4)14(12)6;1-9(2)11-7-10(3)8-12(4,5)13(11)6/h10-11H,8-9H2,1-7H3;9-13H,7-8H2,1-6H3;9-11H,7-8H2,1-6H3. The molecule has 246 valence electrons. The van der Waals surface area contributed by atoms with Crippen molar-refractivity contribution >= 4 is 0 Å². The van der Waals surface area contributed by atoms with E-state index in [2.05, 4.69) is 147 Å². The van der Waals surface area contributed by atoms with Crippen LogP contribution in [-0.4, -0.2) is 70.6 Å². The Balaban J connectivity index is 0.000000308. The third kappa shape index (κ3) is 10.2. The number of likely N-dealkylation sites (tertiary alicyclic amines) is 3. The van der Waals surface area contributed by atoms with Crippen LogP contribution in [0.3, 0.4) is 0 Å². The van der Waals surface area contributed by atoms with Crippen molar-refractivity contribution in [1.29, 1.82) is 0 Å². The molecule has 0 spiro atoms. The Bertz CT molecular complexity index is 735. The number of rotatable bonds is 4. The molecular formula is C38H79N3. The lowest BCUT2D eigenvalue weighted by atomic mass is 9.69. The Morgan fingerprint density at radius 2 is 0.902 bits per heavy atom. The number of piperidine rings is 3. The van der Waals surface area contributed by atoms with Crippen LogP contribution >= 0.6 is 0 Å². The zero-order valence-corrected chi connectivity index (χ0v) is 31.9. The third-order valence-electron chi connectivity index (χ3n) is 12.1. The summed E-state index contributed by atoms with van der Waals surface area (Å²) in [5.74, 6) is 5.76. The molecule has 41 heavy (non-hydrogen) atoms. The fourth-order valence-electron chi connectivity index (χ4n) is 9.02. The summed E-state index contributed by atoms with van der Waals surface area (Å²) in [6, 6.07) is 2.37. The molecule has 0 amide bonds. The van der Waals surface area contributed by atoms with Crippen molar-refractivity contribution in [3.63, 3.8) is 0 Å². The third-order valence-corrected chi connectivity index (χ3v) is 12.1. The van der Waals surface area contributed by atoms with E-state index in [1.165, 1.54) is 38.5 Å². The molecule has 3 fully saturated rings. The Morgan fingerprint density at radius 1 is 0.512 bits per heavy atom. The van der Waals surface area contributed by atoms with Crippen molar-refractivity contribution in [3.05, 3.63) is 0 Å². The summed E-state index contributed by atoms with van der Waals surface area (Å²) < 4.78 is 0. The van der Waals surface area contributed by atoms with Crippen LogP contribution in [-0.2, 0) is 0 Å². The van der Waals surface area contributed by atoms with E-state index >= 15 is 0 Å². The molecule has 3 aliphatic rings. The molecule has 3 rings (SSSR count). The molecule has 0 N–H and O–H groups in total. The highest BCUT2D eigenvalue weighted by atomic mass is 15.2. The number of hydrogen-bond acceptors (Lipinski definition) is 3. The van der Waals surface area contributed by atoms with Gasteiger partial charge in [0.1, 0.15) is 0 Å². The van der Waals surface area contributed by atoms with E-state index in [1.54, 1.807) is 0 Å². The maximum Gasteiger partial charge on any atom is 0.0209 e. The van der Waals surface area contributed by atoms with Crippen LogP contribution in [0.2, 0.25) is 0 Å². The van der Waals surface area contributed by atoms with Crippen LogP contribution in [0.4, 0.5) is 0 Å². The summed E-state index contributed by atoms with van der Waals surface area (Å²) in [6.45, 7) is 38.0. The molecule has 3 aliphatic heterocycles. The summed E-state index contributed by atoms with van der Waals surface area (Å²) in [7, 11) is 6.91. The SMILES string of the molecule is CC1CC(C(C)C)N(C)C(C(C)C)C1.CC1CC(C(C)C)N(C)C(C)(C)C1.CC1CC(C)(C)N(C)C(C)(C(C)C)C1. The van der Waals surface area contributed by atoms with E-state index in [4.69, 9.17) is 0 Å². The summed E-state index contributed by atoms with van der Waals surface area (Å²) in [5, 5.41) is 0. The van der Waals surface area contributed by atoms with Crippen LogP contribution < -0.4 is 0 Å². The van der Waals surface area contributed by atoms with Gasteiger partial charge in [0.15, 0.2) is 0 Å². The second-order valence-electron chi connectivity index (χ2n) is 18.0. The van der Waals surface area contributed by atoms with Crippen LogP contribution in [0.15, 0.2) is 0 Å². The molecule has 6 unspecified atom stereocenters. The lowest BCUT2D eigenvalue weighted by molar-refractivity contribution is -0.0612. The Labute approximate surface area is 261 Å². The minimum atomic E-state index is 0.358. The zero-order chi connectivity index (χ0) is 32.2. The van der Waals surface area contributed by atoms with Gasteiger partial charge in [-0.15, -0.1) is 0 Å². The molecule has 3 heterocycles. The molecule has 0 saturated carbocycles. The largest absolute Gasteiger partial charge is 0.300 e. The van der Waals surface area contributed by atoms with Gasteiger partial charge in [0.25, 0.3) is 0 Å². The predicted octanol–water partition coefficient (Wildman–Crippen LogP) is 10.1. The first-order valence-corrected chi connectivity index (χ1v) is 17.7. The molecular weight excluding hydrogens is 498 g/mol. The zero-order valence-electron chi connectivity index (χ0n) is 31.9. The van der Waals surface area contributed by atoms with Gasteiger partial charge in [-0.1, -0.05) is 76.2 Å². The van der Waals surface area contributed by atoms with Gasteiger partial charge >= 0.3 is 0 Å². The van der Waals surface area contributed by atoms with Crippen molar-refractivity contribution in [2.24, 2.45) is 41.4 Å². The van der Waals surface area contributed by atoms with Crippen molar-refractivity contribution in [2.45, 2.75) is 184 Å². The maximum absolute atomic E-state index is 2.63. The van der Waals surface area contributed by atoms with E-state index in [1.807, 2.05) is 0 Å². The van der Waals surface area contributed by atoms with Gasteiger partial charge in [0.2, 0.25) is 0 Å². The number of nitrogens with zero attached hydrogens (tertiary/aromatic N) is 3. The van der Waals surface area contributed by atoms with E-state index < -0.39 is 0 Å². The normalized spacial score (nSPS) is 36.7. The maximum atomic E-state index is 2.63. The van der Waals surface area contributed by atoms with Crippen LogP contribution in [0.25, 0.3) is 0 Å². The fraction of sp³-hybridized carbons (Fsp3) is 1.00. The molecule has 0 aliphatic carbocycles. The molecule has 3 nitrogen and oxygen atoms in total. The smallest absolute Gasteiger partial charge is 0.0209 e. The van der Waals surface area contributed by atoms with Gasteiger partial charge < -0.3 is 0 Å². The van der Waals surface area contributed by atoms with Crippen molar-refractivity contribution in [1.82, 2.24) is 14.7 Å². The van der Waals surface area contributed by atoms with E-state index in [9.17, 15) is 0 Å². The van der Waals surface area contributed by atoms with Gasteiger partial charge in [0, 0.05) is 34.7 Å². The summed E-state index contributed by atoms with van der Waals surface area (Å²) >= 11 is 0. The molecule has 0 radical (unpaired) electrons. The highest BCUT2D eigenvalue weighted by molar-refractivity contribution is 5.01. The summed E-state index contributed by atoms with van der Waals surface area (Å²) in [6.07, 6.45) is 8.15. The van der Waals surface area contributed by atoms with Gasteiger partial charge in [-0.25, -0.2) is 0 Å². The van der Waals surface area contributed by atoms with Gasteiger partial charge in [-0.2, -0.15) is 0 Å². The average molecular weight is 578 g/mol. The van der Waals surface area contributed by atoms with Crippen LogP contribution in [0, 0.1) is 41.4 Å². The van der Waals surface area contributed by atoms with Gasteiger partial charge in [0.05, 0.1) is 0 Å². The second kappa shape index (κ2) is 15.2. The average Bonchev–Trinajstić information content (AvgIpc) is 2.80. The van der Waals surface area contributed by atoms with Crippen molar-refractivity contribution in [2.75, 3.05) is 21.1 Å². The molecule has 0 aromatic carbocycles. The molecule has 3 heteroatoms. The van der Waals surface area contributed by atoms with E-state index in [0.717, 1.165) is 59.6 Å². The molecule has 3 saturated heterocycles. The van der Waals surface area contributed by atoms with Crippen molar-refractivity contribution < 1.29 is 0 Å². The quantitative estimate of drug-likeness (QED) is 0.329. The van der Waals surface area contributed by atoms with Crippen LogP contribution in [0.1, 0.15) is 149 Å². The highest BCUT2D eigenvalue weighted by Gasteiger charge is 2.46. The molecule has 6 atom stereocenters. The van der Waals surface area contributed by atoms with E-state index in [-0.39, 0.29) is 0 Å². The Kier molecular flexibility index (Phi) is 14.5. The van der Waals surface area contributed by atoms with Crippen LogP contribution in [0.5, 0.6) is 0 Å². The fourth-order valence-corrected chi connectivity index (χ4v) is 9.02. The topological polar surface area (TPSA) is 9.72 Å². The first-order chi connectivity index (χ1) is 18.5. The van der Waals surface area contributed by atoms with Crippen molar-refractivity contribution in [3.8, 4) is 0 Å². The lowest BCUT2D eigenvalue weighted by Crippen LogP contribution is -2.61. The van der Waals surface area contributed by atoms with E-state index in [0.29, 0.717) is 16.6 Å². The lowest BCUT2D eigenvalue weighted by Gasteiger charge is -2.56. The Morgan fingerprint density at radius 3 is 1.29 bits per heavy atom. The summed E-state index contributed by atoms with van der Waals surface area (Å²) in [5.41, 5.74) is 1.13. The minimum Gasteiger partial charge on any atom is -0.300 e. The Hall–Kier alpha value is -0.120. The highest BCUT2D eigenvalue weighted by Crippen LogP contribution is 2.43. The first-order valence-electron chi connectivity index (χ1n) is 17.7. The van der Waals surface area contributed by atoms with Gasteiger partial charge in [-0.3, -0.25) is 14.7 Å².